The number of nitrogens with two attached hydrogens (primary N) is 1. The minimum atomic E-state index is 0.476. The Morgan fingerprint density at radius 1 is 1.15 bits per heavy atom. The van der Waals surface area contributed by atoms with Gasteiger partial charge in [0.05, 0.1) is 0 Å². The van der Waals surface area contributed by atoms with Crippen LogP contribution in [0.1, 0.15) is 11.1 Å². The smallest absolute Gasteiger partial charge is 0.222 e. The zero-order chi connectivity index (χ0) is 13.9. The van der Waals surface area contributed by atoms with Crippen LogP contribution in [0.15, 0.2) is 48.8 Å². The van der Waals surface area contributed by atoms with Crippen molar-refractivity contribution in [1.29, 1.82) is 0 Å². The van der Waals surface area contributed by atoms with E-state index in [1.165, 1.54) is 0 Å². The molecule has 2 heterocycles. The van der Waals surface area contributed by atoms with E-state index in [1.54, 1.807) is 12.4 Å². The molecule has 3 rings (SSSR count). The number of para-hydroxylation sites is 1. The monoisotopic (exact) mass is 265 g/mol. The summed E-state index contributed by atoms with van der Waals surface area (Å²) in [4.78, 5) is 8.69. The number of rotatable bonds is 3. The number of hydrogen-bond acceptors (Lipinski definition) is 4. The van der Waals surface area contributed by atoms with Crippen molar-refractivity contribution in [2.24, 2.45) is 5.73 Å². The fourth-order valence-corrected chi connectivity index (χ4v) is 2.10. The predicted octanol–water partition coefficient (Wildman–Crippen LogP) is 3.19. The van der Waals surface area contributed by atoms with Crippen molar-refractivity contribution < 1.29 is 4.74 Å². The molecule has 3 aromatic rings. The van der Waals surface area contributed by atoms with E-state index in [4.69, 9.17) is 10.5 Å². The van der Waals surface area contributed by atoms with E-state index in [9.17, 15) is 0 Å². The molecule has 1 aromatic carbocycles. The molecule has 0 bridgehead atoms. The van der Waals surface area contributed by atoms with Gasteiger partial charge in [0.2, 0.25) is 5.88 Å². The van der Waals surface area contributed by atoms with Crippen LogP contribution in [0.5, 0.6) is 11.6 Å². The minimum Gasteiger partial charge on any atom is -0.436 e. The molecular weight excluding hydrogens is 250 g/mol. The number of hydrogen-bond donors (Lipinski definition) is 1. The molecule has 0 unspecified atom stereocenters. The largest absolute Gasteiger partial charge is 0.436 e. The summed E-state index contributed by atoms with van der Waals surface area (Å²) >= 11 is 0. The standard InChI is InChI=1S/C16H15N3O/c1-11-8-12(9-17)10-19-16(11)20-14-6-2-4-13-5-3-7-18-15(13)14/h2-8,10H,9,17H2,1H3. The molecule has 0 amide bonds. The molecule has 2 N–H and O–H groups in total. The van der Waals surface area contributed by atoms with Crippen LogP contribution >= 0.6 is 0 Å². The van der Waals surface area contributed by atoms with E-state index in [0.29, 0.717) is 18.2 Å². The van der Waals surface area contributed by atoms with Gasteiger partial charge in [0.25, 0.3) is 0 Å². The lowest BCUT2D eigenvalue weighted by atomic mass is 10.2. The predicted molar refractivity (Wildman–Crippen MR) is 78.7 cm³/mol. The lowest BCUT2D eigenvalue weighted by Crippen LogP contribution is -1.99. The third kappa shape index (κ3) is 2.33. The van der Waals surface area contributed by atoms with Crippen LogP contribution < -0.4 is 10.5 Å². The molecule has 0 spiro atoms. The normalized spacial score (nSPS) is 10.7. The maximum Gasteiger partial charge on any atom is 0.222 e. The molecule has 0 saturated carbocycles. The quantitative estimate of drug-likeness (QED) is 0.790. The van der Waals surface area contributed by atoms with E-state index < -0.39 is 0 Å². The van der Waals surface area contributed by atoms with Gasteiger partial charge < -0.3 is 10.5 Å². The van der Waals surface area contributed by atoms with Crippen LogP contribution in [0, 0.1) is 6.92 Å². The summed E-state index contributed by atoms with van der Waals surface area (Å²) in [6, 6.07) is 11.8. The number of benzene rings is 1. The topological polar surface area (TPSA) is 61.0 Å². The second-order valence-electron chi connectivity index (χ2n) is 4.60. The highest BCUT2D eigenvalue weighted by Gasteiger charge is 2.07. The number of fused-ring (bicyclic) bond motifs is 1. The first kappa shape index (κ1) is 12.6. The van der Waals surface area contributed by atoms with Crippen LogP contribution in [-0.2, 0) is 6.54 Å². The van der Waals surface area contributed by atoms with E-state index >= 15 is 0 Å². The Balaban J connectivity index is 2.01. The highest BCUT2D eigenvalue weighted by Crippen LogP contribution is 2.28. The van der Waals surface area contributed by atoms with Crippen molar-refractivity contribution in [3.63, 3.8) is 0 Å². The maximum absolute atomic E-state index is 5.91. The Bertz CT molecular complexity index is 750. The summed E-state index contributed by atoms with van der Waals surface area (Å²) < 4.78 is 5.91. The summed E-state index contributed by atoms with van der Waals surface area (Å²) in [6.45, 7) is 2.43. The summed E-state index contributed by atoms with van der Waals surface area (Å²) in [5.74, 6) is 1.29. The third-order valence-electron chi connectivity index (χ3n) is 3.12. The van der Waals surface area contributed by atoms with Gasteiger partial charge in [-0.25, -0.2) is 4.98 Å². The lowest BCUT2D eigenvalue weighted by Gasteiger charge is -2.10. The van der Waals surface area contributed by atoms with Gasteiger partial charge in [0, 0.05) is 29.9 Å². The average Bonchev–Trinajstić information content (AvgIpc) is 2.49. The third-order valence-corrected chi connectivity index (χ3v) is 3.12. The molecule has 0 saturated heterocycles. The van der Waals surface area contributed by atoms with Gasteiger partial charge in [0.1, 0.15) is 5.52 Å². The maximum atomic E-state index is 5.91. The van der Waals surface area contributed by atoms with Crippen LogP contribution in [0.25, 0.3) is 10.9 Å². The van der Waals surface area contributed by atoms with Crippen LogP contribution in [0.3, 0.4) is 0 Å². The van der Waals surface area contributed by atoms with Gasteiger partial charge in [-0.05, 0) is 30.7 Å². The van der Waals surface area contributed by atoms with Crippen molar-refractivity contribution in [2.45, 2.75) is 13.5 Å². The zero-order valence-electron chi connectivity index (χ0n) is 11.2. The molecule has 4 nitrogen and oxygen atoms in total. The second kappa shape index (κ2) is 5.27. The molecule has 0 aliphatic carbocycles. The summed E-state index contributed by atoms with van der Waals surface area (Å²) in [6.07, 6.45) is 3.49. The van der Waals surface area contributed by atoms with Gasteiger partial charge in [-0.15, -0.1) is 0 Å². The second-order valence-corrected chi connectivity index (χ2v) is 4.60. The van der Waals surface area contributed by atoms with Crippen LogP contribution in [0.4, 0.5) is 0 Å². The molecule has 0 aliphatic heterocycles. The van der Waals surface area contributed by atoms with Crippen molar-refractivity contribution in [2.75, 3.05) is 0 Å². The SMILES string of the molecule is Cc1cc(CN)cnc1Oc1cccc2cccnc12. The Morgan fingerprint density at radius 3 is 2.80 bits per heavy atom. The lowest BCUT2D eigenvalue weighted by molar-refractivity contribution is 0.462. The Hall–Kier alpha value is -2.46. The van der Waals surface area contributed by atoms with E-state index in [1.807, 2.05) is 43.3 Å². The molecule has 20 heavy (non-hydrogen) atoms. The first-order valence-electron chi connectivity index (χ1n) is 6.45. The van der Waals surface area contributed by atoms with Crippen molar-refractivity contribution >= 4 is 10.9 Å². The first-order chi connectivity index (χ1) is 9.78. The Kier molecular flexibility index (Phi) is 3.31. The van der Waals surface area contributed by atoms with Crippen molar-refractivity contribution in [3.8, 4) is 11.6 Å². The molecule has 0 atom stereocenters. The fraction of sp³-hybridized carbons (Fsp3) is 0.125. The number of ether oxygens (including phenoxy) is 1. The number of pyridine rings is 2. The van der Waals surface area contributed by atoms with Crippen molar-refractivity contribution in [1.82, 2.24) is 9.97 Å². The summed E-state index contributed by atoms with van der Waals surface area (Å²) in [5, 5.41) is 1.04. The van der Waals surface area contributed by atoms with Gasteiger partial charge in [0.15, 0.2) is 5.75 Å². The van der Waals surface area contributed by atoms with Gasteiger partial charge in [-0.3, -0.25) is 4.98 Å². The van der Waals surface area contributed by atoms with Gasteiger partial charge >= 0.3 is 0 Å². The molecule has 0 fully saturated rings. The first-order valence-corrected chi connectivity index (χ1v) is 6.45. The fourth-order valence-electron chi connectivity index (χ4n) is 2.10. The molecule has 4 heteroatoms. The van der Waals surface area contributed by atoms with E-state index in [-0.39, 0.29) is 0 Å². The molecular formula is C16H15N3O. The van der Waals surface area contributed by atoms with Gasteiger partial charge in [-0.1, -0.05) is 18.2 Å². The zero-order valence-corrected chi connectivity index (χ0v) is 11.2. The van der Waals surface area contributed by atoms with E-state index in [0.717, 1.165) is 22.0 Å². The number of nitrogens with zero attached hydrogens (tertiary/aromatic N) is 2. The highest BCUT2D eigenvalue weighted by atomic mass is 16.5. The molecule has 2 aromatic heterocycles. The van der Waals surface area contributed by atoms with Crippen LogP contribution in [0.2, 0.25) is 0 Å². The minimum absolute atomic E-state index is 0.476. The Labute approximate surface area is 117 Å². The summed E-state index contributed by atoms with van der Waals surface area (Å²) in [5.41, 5.74) is 8.39. The number of aryl methyl sites for hydroxylation is 1. The van der Waals surface area contributed by atoms with Crippen LogP contribution in [-0.4, -0.2) is 9.97 Å². The highest BCUT2D eigenvalue weighted by molar-refractivity contribution is 5.84. The molecule has 0 radical (unpaired) electrons. The molecule has 100 valence electrons. The molecule has 0 aliphatic rings. The summed E-state index contributed by atoms with van der Waals surface area (Å²) in [7, 11) is 0. The average molecular weight is 265 g/mol. The van der Waals surface area contributed by atoms with Gasteiger partial charge in [-0.2, -0.15) is 0 Å². The number of aromatic nitrogens is 2. The Morgan fingerprint density at radius 2 is 2.00 bits per heavy atom. The van der Waals surface area contributed by atoms with Crippen molar-refractivity contribution in [3.05, 3.63) is 59.9 Å². The van der Waals surface area contributed by atoms with E-state index in [2.05, 4.69) is 9.97 Å².